The van der Waals surface area contributed by atoms with E-state index in [0.717, 1.165) is 11.9 Å². The van der Waals surface area contributed by atoms with Crippen LogP contribution >= 0.6 is 24.0 Å². The van der Waals surface area contributed by atoms with Crippen LogP contribution in [0.25, 0.3) is 0 Å². The Morgan fingerprint density at radius 3 is 3.00 bits per heavy atom. The molecule has 16 heavy (non-hydrogen) atoms. The van der Waals surface area contributed by atoms with Crippen molar-refractivity contribution in [3.63, 3.8) is 0 Å². The second-order valence-corrected chi connectivity index (χ2v) is 4.54. The fourth-order valence-electron chi connectivity index (χ4n) is 0.905. The van der Waals surface area contributed by atoms with Crippen LogP contribution in [-0.4, -0.2) is 62.7 Å². The number of thioether (sulfide) groups is 1. The van der Waals surface area contributed by atoms with Gasteiger partial charge in [-0.3, -0.25) is 4.79 Å². The van der Waals surface area contributed by atoms with Gasteiger partial charge in [-0.15, -0.1) is 5.10 Å². The number of tetrazole rings is 1. The first-order valence-electron chi connectivity index (χ1n) is 4.65. The number of likely N-dealkylation sites (N-methyl/N-ethyl adjacent to an activating group) is 1. The molecule has 0 N–H and O–H groups in total. The van der Waals surface area contributed by atoms with Gasteiger partial charge in [-0.2, -0.15) is 0 Å². The molecule has 0 aliphatic carbocycles. The average Bonchev–Trinajstić information content (AvgIpc) is 2.70. The van der Waals surface area contributed by atoms with E-state index in [1.54, 1.807) is 4.68 Å². The lowest BCUT2D eigenvalue weighted by Crippen LogP contribution is -2.19. The first-order chi connectivity index (χ1) is 7.63. The van der Waals surface area contributed by atoms with Crippen LogP contribution < -0.4 is 0 Å². The summed E-state index contributed by atoms with van der Waals surface area (Å²) >= 11 is 5.83. The largest absolute Gasteiger partial charge is 0.308 e. The summed E-state index contributed by atoms with van der Waals surface area (Å²) in [6, 6.07) is 0. The topological polar surface area (TPSA) is 63.9 Å². The highest BCUT2D eigenvalue weighted by atomic mass is 32.2. The number of nitrogens with zero attached hydrogens (tertiary/aromatic N) is 5. The predicted octanol–water partition coefficient (Wildman–Crippen LogP) is -0.104. The third-order valence-corrected chi connectivity index (χ3v) is 2.98. The van der Waals surface area contributed by atoms with Gasteiger partial charge in [-0.1, -0.05) is 24.0 Å². The lowest BCUT2D eigenvalue weighted by atomic mass is 10.5. The number of aromatic nitrogens is 4. The van der Waals surface area contributed by atoms with E-state index in [4.69, 9.17) is 0 Å². The van der Waals surface area contributed by atoms with Crippen LogP contribution in [0.2, 0.25) is 0 Å². The zero-order chi connectivity index (χ0) is 12.0. The smallest absolute Gasteiger partial charge is 0.209 e. The first kappa shape index (κ1) is 13.2. The van der Waals surface area contributed by atoms with Gasteiger partial charge in [0.05, 0.1) is 12.3 Å². The molecule has 0 spiro atoms. The van der Waals surface area contributed by atoms with Gasteiger partial charge in [0.15, 0.2) is 5.78 Å². The minimum atomic E-state index is -0.0952. The van der Waals surface area contributed by atoms with E-state index in [1.807, 2.05) is 19.0 Å². The van der Waals surface area contributed by atoms with Crippen LogP contribution in [0.15, 0.2) is 5.16 Å². The molecule has 1 heterocycles. The van der Waals surface area contributed by atoms with Crippen LogP contribution in [-0.2, 0) is 11.3 Å². The van der Waals surface area contributed by atoms with Crippen LogP contribution in [0.5, 0.6) is 0 Å². The molecular weight excluding hydrogens is 246 g/mol. The summed E-state index contributed by atoms with van der Waals surface area (Å²) in [7, 11) is 3.96. The Labute approximate surface area is 103 Å². The summed E-state index contributed by atoms with van der Waals surface area (Å²) < 4.78 is 1.68. The molecule has 0 bridgehead atoms. The van der Waals surface area contributed by atoms with Crippen molar-refractivity contribution in [3.05, 3.63) is 0 Å². The second kappa shape index (κ2) is 6.66. The number of hydrogen-bond donors (Lipinski definition) is 0. The molecule has 0 unspecified atom stereocenters. The van der Waals surface area contributed by atoms with E-state index in [-0.39, 0.29) is 11.5 Å². The Balaban J connectivity index is 2.50. The summed E-state index contributed by atoms with van der Waals surface area (Å²) in [5.74, 6) is 0.188. The van der Waals surface area contributed by atoms with Crippen LogP contribution in [0.3, 0.4) is 0 Å². The minimum Gasteiger partial charge on any atom is -0.308 e. The Bertz CT molecular complexity index is 365. The third-order valence-electron chi connectivity index (χ3n) is 1.73. The van der Waals surface area contributed by atoms with E-state index >= 15 is 0 Å². The molecule has 8 heteroatoms. The molecule has 0 radical (unpaired) electrons. The van der Waals surface area contributed by atoms with Crippen molar-refractivity contribution in [3.8, 4) is 0 Å². The molecule has 0 aromatic carbocycles. The molecule has 1 aromatic rings. The van der Waals surface area contributed by atoms with Crippen LogP contribution in [0, 0.1) is 0 Å². The molecule has 6 nitrogen and oxygen atoms in total. The summed E-state index contributed by atoms with van der Waals surface area (Å²) in [6.45, 7) is 1.55. The maximum atomic E-state index is 11.0. The van der Waals surface area contributed by atoms with E-state index in [2.05, 4.69) is 27.7 Å². The number of carbonyl (C=O) groups is 1. The molecule has 1 rings (SSSR count). The number of carbonyl (C=O) groups excluding carboxylic acids is 1. The number of rotatable bonds is 7. The third kappa shape index (κ3) is 4.33. The van der Waals surface area contributed by atoms with Gasteiger partial charge < -0.3 is 4.90 Å². The Kier molecular flexibility index (Phi) is 5.50. The van der Waals surface area contributed by atoms with Crippen molar-refractivity contribution in [2.45, 2.75) is 11.7 Å². The van der Waals surface area contributed by atoms with Crippen molar-refractivity contribution in [2.24, 2.45) is 0 Å². The van der Waals surface area contributed by atoms with Gasteiger partial charge in [0.1, 0.15) is 0 Å². The quantitative estimate of drug-likeness (QED) is 0.500. The van der Waals surface area contributed by atoms with Crippen molar-refractivity contribution in [1.29, 1.82) is 0 Å². The van der Waals surface area contributed by atoms with Crippen LogP contribution in [0.4, 0.5) is 0 Å². The monoisotopic (exact) mass is 259 g/mol. The summed E-state index contributed by atoms with van der Waals surface area (Å²) in [4.78, 5) is 13.1. The van der Waals surface area contributed by atoms with Gasteiger partial charge >= 0.3 is 0 Å². The SMILES string of the molecule is CN(C)CCn1nnnc1SCC(=O)C=S. The number of hydrogen-bond acceptors (Lipinski definition) is 7. The Morgan fingerprint density at radius 1 is 1.62 bits per heavy atom. The van der Waals surface area contributed by atoms with Gasteiger partial charge in [0, 0.05) is 11.9 Å². The highest BCUT2D eigenvalue weighted by molar-refractivity contribution is 8.00. The highest BCUT2D eigenvalue weighted by Crippen LogP contribution is 2.12. The first-order valence-corrected chi connectivity index (χ1v) is 6.11. The van der Waals surface area contributed by atoms with E-state index in [0.29, 0.717) is 11.7 Å². The Morgan fingerprint density at radius 2 is 2.38 bits per heavy atom. The van der Waals surface area contributed by atoms with Crippen molar-refractivity contribution < 1.29 is 4.79 Å². The molecule has 0 aliphatic rings. The summed E-state index contributed by atoms with van der Waals surface area (Å²) in [5, 5.41) is 13.1. The number of thiocarbonyl (C=S) groups is 1. The highest BCUT2D eigenvalue weighted by Gasteiger charge is 2.08. The van der Waals surface area contributed by atoms with Crippen molar-refractivity contribution in [1.82, 2.24) is 25.1 Å². The molecule has 0 saturated carbocycles. The lowest BCUT2D eigenvalue weighted by molar-refractivity contribution is -0.110. The predicted molar refractivity (Wildman–Crippen MR) is 65.8 cm³/mol. The van der Waals surface area contributed by atoms with E-state index < -0.39 is 0 Å². The molecule has 0 amide bonds. The normalized spacial score (nSPS) is 10.7. The summed E-state index contributed by atoms with van der Waals surface area (Å²) in [5.41, 5.74) is 0. The van der Waals surface area contributed by atoms with E-state index in [1.165, 1.54) is 11.8 Å². The fraction of sp³-hybridized carbons (Fsp3) is 0.625. The van der Waals surface area contributed by atoms with Gasteiger partial charge in [0.25, 0.3) is 0 Å². The maximum absolute atomic E-state index is 11.0. The zero-order valence-electron chi connectivity index (χ0n) is 9.16. The minimum absolute atomic E-state index is 0.0952. The van der Waals surface area contributed by atoms with Crippen LogP contribution in [0.1, 0.15) is 0 Å². The van der Waals surface area contributed by atoms with Gasteiger partial charge in [-0.05, 0) is 24.5 Å². The molecular formula is C8H13N5OS2. The maximum Gasteiger partial charge on any atom is 0.209 e. The van der Waals surface area contributed by atoms with Crippen molar-refractivity contribution in [2.75, 3.05) is 26.4 Å². The molecule has 0 atom stereocenters. The fourth-order valence-corrected chi connectivity index (χ4v) is 1.82. The molecule has 1 aromatic heterocycles. The average molecular weight is 259 g/mol. The molecule has 0 fully saturated rings. The van der Waals surface area contributed by atoms with Gasteiger partial charge in [-0.25, -0.2) is 4.68 Å². The second-order valence-electron chi connectivity index (χ2n) is 3.36. The lowest BCUT2D eigenvalue weighted by Gasteiger charge is -2.09. The molecule has 0 aliphatic heterocycles. The Hall–Kier alpha value is -0.860. The summed E-state index contributed by atoms with van der Waals surface area (Å²) in [6.07, 6.45) is 0. The molecule has 88 valence electrons. The van der Waals surface area contributed by atoms with E-state index in [9.17, 15) is 4.79 Å². The number of Topliss-reactive ketones (excluding diaryl/α,β-unsaturated/α-hetero) is 1. The zero-order valence-corrected chi connectivity index (χ0v) is 10.8. The number of ketones is 1. The van der Waals surface area contributed by atoms with Gasteiger partial charge in [0.2, 0.25) is 5.16 Å². The standard InChI is InChI=1S/C8H13N5OS2/c1-12(2)3-4-13-8(9-10-11-13)16-6-7(14)5-15/h5H,3-4,6H2,1-2H3. The molecule has 0 saturated heterocycles. The van der Waals surface area contributed by atoms with Crippen molar-refractivity contribution >= 4 is 35.1 Å².